The van der Waals surface area contributed by atoms with Crippen LogP contribution in [0.15, 0.2) is 0 Å². The van der Waals surface area contributed by atoms with E-state index in [9.17, 15) is 34.8 Å². The third-order valence-electron chi connectivity index (χ3n) is 0.925. The molecule has 0 fully saturated rings. The minimum atomic E-state index is -6.37. The van der Waals surface area contributed by atoms with Crippen LogP contribution in [0.25, 0.3) is 0 Å². The van der Waals surface area contributed by atoms with Crippen LogP contribution in [-0.2, 0) is 10.1 Å². The van der Waals surface area contributed by atoms with Crippen molar-refractivity contribution in [1.82, 2.24) is 0 Å². The molecule has 3 nitrogen and oxygen atoms in total. The Labute approximate surface area is 68.1 Å². The zero-order valence-electron chi connectivity index (χ0n) is 5.52. The van der Waals surface area contributed by atoms with Gasteiger partial charge in [-0.05, 0) is 0 Å². The Morgan fingerprint density at radius 2 is 1.38 bits per heavy atom. The molecule has 1 atom stereocenters. The van der Waals surface area contributed by atoms with Gasteiger partial charge in [0.25, 0.3) is 5.50 Å². The molecule has 0 saturated heterocycles. The fourth-order valence-electron chi connectivity index (χ4n) is 0.316. The fraction of sp³-hybridized carbons (Fsp3) is 1.00. The maximum Gasteiger partial charge on any atom is 0.457 e. The summed E-state index contributed by atoms with van der Waals surface area (Å²) in [7, 11) is -6.08. The molecule has 0 spiro atoms. The number of alkyl halides is 6. The summed E-state index contributed by atoms with van der Waals surface area (Å²) in [5.41, 5.74) is -4.71. The van der Waals surface area contributed by atoms with Gasteiger partial charge in [0.15, 0.2) is 0 Å². The molecular weight excluding hydrogens is 230 g/mol. The van der Waals surface area contributed by atoms with Crippen molar-refractivity contribution in [3.63, 3.8) is 0 Å². The van der Waals surface area contributed by atoms with Crippen LogP contribution in [0.2, 0.25) is 0 Å². The molecule has 1 unspecified atom stereocenters. The van der Waals surface area contributed by atoms with Crippen LogP contribution in [0.1, 0.15) is 0 Å². The lowest BCUT2D eigenvalue weighted by atomic mass is 10.4. The zero-order chi connectivity index (χ0) is 11.1. The Morgan fingerprint density at radius 1 is 1.08 bits per heavy atom. The van der Waals surface area contributed by atoms with Gasteiger partial charge in [0.1, 0.15) is 0 Å². The minimum Gasteiger partial charge on any atom is -0.283 e. The number of hydrogen-bond acceptors (Lipinski definition) is 2. The lowest BCUT2D eigenvalue weighted by Gasteiger charge is -2.20. The molecular formula is C3H2F6O3S. The third-order valence-corrected chi connectivity index (χ3v) is 1.74. The first-order valence-corrected chi connectivity index (χ1v) is 3.96. The van der Waals surface area contributed by atoms with Crippen molar-refractivity contribution in [2.24, 2.45) is 0 Å². The monoisotopic (exact) mass is 232 g/mol. The summed E-state index contributed by atoms with van der Waals surface area (Å²) < 4.78 is 96.0. The molecule has 0 aromatic rings. The molecule has 0 rings (SSSR count). The standard InChI is InChI=1S/C3H2F6O3S/c4-1(13(10,11)12)2(5,6)3(7,8)9/h1H,(H,10,11,12). The summed E-state index contributed by atoms with van der Waals surface area (Å²) in [6.07, 6.45) is -6.37. The summed E-state index contributed by atoms with van der Waals surface area (Å²) in [6, 6.07) is 0. The van der Waals surface area contributed by atoms with Gasteiger partial charge < -0.3 is 0 Å². The van der Waals surface area contributed by atoms with Crippen LogP contribution in [0.5, 0.6) is 0 Å². The van der Waals surface area contributed by atoms with E-state index in [4.69, 9.17) is 4.55 Å². The zero-order valence-corrected chi connectivity index (χ0v) is 6.33. The fourth-order valence-corrected chi connectivity index (χ4v) is 0.823. The lowest BCUT2D eigenvalue weighted by Crippen LogP contribution is -2.48. The van der Waals surface area contributed by atoms with Gasteiger partial charge >= 0.3 is 22.2 Å². The van der Waals surface area contributed by atoms with Gasteiger partial charge in [0, 0.05) is 0 Å². The summed E-state index contributed by atoms with van der Waals surface area (Å²) in [5, 5.41) is 0. The third kappa shape index (κ3) is 2.46. The smallest absolute Gasteiger partial charge is 0.283 e. The van der Waals surface area contributed by atoms with E-state index in [-0.39, 0.29) is 0 Å². The van der Waals surface area contributed by atoms with Crippen LogP contribution in [-0.4, -0.2) is 30.6 Å². The van der Waals surface area contributed by atoms with Gasteiger partial charge in [-0.15, -0.1) is 0 Å². The van der Waals surface area contributed by atoms with E-state index >= 15 is 0 Å². The van der Waals surface area contributed by atoms with E-state index in [0.29, 0.717) is 0 Å². The van der Waals surface area contributed by atoms with Crippen molar-refractivity contribution in [2.45, 2.75) is 17.6 Å². The summed E-state index contributed by atoms with van der Waals surface area (Å²) in [4.78, 5) is 0. The first-order valence-electron chi connectivity index (χ1n) is 2.45. The molecule has 0 aliphatic carbocycles. The topological polar surface area (TPSA) is 54.4 Å². The molecule has 13 heavy (non-hydrogen) atoms. The van der Waals surface area contributed by atoms with E-state index < -0.39 is 27.7 Å². The molecule has 10 heteroatoms. The van der Waals surface area contributed by atoms with E-state index in [1.54, 1.807) is 0 Å². The highest BCUT2D eigenvalue weighted by Gasteiger charge is 2.67. The van der Waals surface area contributed by atoms with Crippen molar-refractivity contribution >= 4 is 10.1 Å². The van der Waals surface area contributed by atoms with E-state index in [1.807, 2.05) is 0 Å². The molecule has 0 aromatic heterocycles. The number of hydrogen-bond donors (Lipinski definition) is 1. The second kappa shape index (κ2) is 3.01. The Kier molecular flexibility index (Phi) is 2.89. The quantitative estimate of drug-likeness (QED) is 0.577. The Morgan fingerprint density at radius 3 is 1.46 bits per heavy atom. The van der Waals surface area contributed by atoms with Crippen molar-refractivity contribution < 1.29 is 39.3 Å². The normalized spacial score (nSPS) is 17.2. The maximum atomic E-state index is 11.9. The van der Waals surface area contributed by atoms with Crippen LogP contribution < -0.4 is 0 Å². The van der Waals surface area contributed by atoms with Crippen LogP contribution in [0, 0.1) is 0 Å². The first kappa shape index (κ1) is 12.5. The molecule has 0 amide bonds. The first-order chi connectivity index (χ1) is 5.40. The summed E-state index contributed by atoms with van der Waals surface area (Å²) >= 11 is 0. The van der Waals surface area contributed by atoms with Crippen LogP contribution in [0.3, 0.4) is 0 Å². The van der Waals surface area contributed by atoms with Gasteiger partial charge in [-0.3, -0.25) is 4.55 Å². The van der Waals surface area contributed by atoms with Gasteiger partial charge in [-0.25, -0.2) is 4.39 Å². The Balaban J connectivity index is 5.09. The molecule has 0 aliphatic rings. The predicted octanol–water partition coefficient (Wildman–Crippen LogP) is 1.37. The van der Waals surface area contributed by atoms with Gasteiger partial charge in [0.2, 0.25) is 0 Å². The SMILES string of the molecule is O=S(=O)(O)C(F)C(F)(F)C(F)(F)F. The maximum absolute atomic E-state index is 11.9. The van der Waals surface area contributed by atoms with Gasteiger partial charge in [-0.2, -0.15) is 30.4 Å². The minimum absolute atomic E-state index is 4.71. The molecule has 0 aliphatic heterocycles. The molecule has 0 radical (unpaired) electrons. The van der Waals surface area contributed by atoms with Crippen molar-refractivity contribution in [3.8, 4) is 0 Å². The number of rotatable bonds is 2. The Bertz CT molecular complexity index is 278. The van der Waals surface area contributed by atoms with Crippen molar-refractivity contribution in [1.29, 1.82) is 0 Å². The summed E-state index contributed by atoms with van der Waals surface area (Å²) in [5.74, 6) is -6.12. The molecule has 0 saturated carbocycles. The largest absolute Gasteiger partial charge is 0.457 e. The van der Waals surface area contributed by atoms with E-state index in [2.05, 4.69) is 0 Å². The second-order valence-electron chi connectivity index (χ2n) is 1.95. The lowest BCUT2D eigenvalue weighted by molar-refractivity contribution is -0.293. The molecule has 0 heterocycles. The highest BCUT2D eigenvalue weighted by atomic mass is 32.2. The predicted molar refractivity (Wildman–Crippen MR) is 27.4 cm³/mol. The van der Waals surface area contributed by atoms with Crippen molar-refractivity contribution in [3.05, 3.63) is 0 Å². The van der Waals surface area contributed by atoms with Gasteiger partial charge in [0.05, 0.1) is 0 Å². The highest BCUT2D eigenvalue weighted by molar-refractivity contribution is 7.86. The highest BCUT2D eigenvalue weighted by Crippen LogP contribution is 2.40. The van der Waals surface area contributed by atoms with Gasteiger partial charge in [-0.1, -0.05) is 0 Å². The molecule has 0 bridgehead atoms. The molecule has 1 N–H and O–H groups in total. The Hall–Kier alpha value is -0.510. The average molecular weight is 232 g/mol. The van der Waals surface area contributed by atoms with Crippen LogP contribution in [0.4, 0.5) is 26.3 Å². The average Bonchev–Trinajstić information content (AvgIpc) is 1.81. The van der Waals surface area contributed by atoms with E-state index in [1.165, 1.54) is 0 Å². The second-order valence-corrected chi connectivity index (χ2v) is 3.40. The van der Waals surface area contributed by atoms with Crippen LogP contribution >= 0.6 is 0 Å². The van der Waals surface area contributed by atoms with Crippen molar-refractivity contribution in [2.75, 3.05) is 0 Å². The summed E-state index contributed by atoms with van der Waals surface area (Å²) in [6.45, 7) is 0. The number of halogens is 6. The molecule has 80 valence electrons. The molecule has 0 aromatic carbocycles. The van der Waals surface area contributed by atoms with E-state index in [0.717, 1.165) is 0 Å².